The van der Waals surface area contributed by atoms with E-state index >= 15 is 0 Å². The maximum atomic E-state index is 12.7. The minimum Gasteiger partial charge on any atom is -0.462 e. The Labute approximate surface area is 241 Å². The van der Waals surface area contributed by atoms with Crippen molar-refractivity contribution >= 4 is 11.9 Å². The number of aliphatic hydroxyl groups is 4. The first-order valence-corrected chi connectivity index (χ1v) is 15.4. The van der Waals surface area contributed by atoms with Crippen molar-refractivity contribution in [1.82, 2.24) is 0 Å². The van der Waals surface area contributed by atoms with Crippen LogP contribution >= 0.6 is 0 Å². The van der Waals surface area contributed by atoms with Gasteiger partial charge in [-0.15, -0.1) is 0 Å². The lowest BCUT2D eigenvalue weighted by Crippen LogP contribution is -2.62. The summed E-state index contributed by atoms with van der Waals surface area (Å²) in [5.41, 5.74) is -0.777. The number of hydrogen-bond acceptors (Lipinski definition) is 10. The molecule has 0 amide bonds. The molecule has 10 heteroatoms. The number of hydrogen-bond donors (Lipinski definition) is 4. The molecule has 1 saturated heterocycles. The zero-order valence-corrected chi connectivity index (χ0v) is 24.5. The van der Waals surface area contributed by atoms with Crippen LogP contribution in [-0.4, -0.2) is 87.5 Å². The molecule has 10 nitrogen and oxygen atoms in total. The highest BCUT2D eigenvalue weighted by Crippen LogP contribution is 2.70. The van der Waals surface area contributed by atoms with Crippen LogP contribution < -0.4 is 0 Å². The van der Waals surface area contributed by atoms with Crippen LogP contribution in [0.25, 0.3) is 0 Å². The fraction of sp³-hybridized carbons (Fsp3) is 0.871. The van der Waals surface area contributed by atoms with Gasteiger partial charge >= 0.3 is 11.9 Å². The van der Waals surface area contributed by atoms with Crippen molar-refractivity contribution in [2.45, 2.75) is 128 Å². The van der Waals surface area contributed by atoms with E-state index in [0.717, 1.165) is 50.5 Å². The third-order valence-corrected chi connectivity index (χ3v) is 12.3. The van der Waals surface area contributed by atoms with E-state index in [1.807, 2.05) is 0 Å². The summed E-state index contributed by atoms with van der Waals surface area (Å²) < 4.78 is 23.0. The summed E-state index contributed by atoms with van der Waals surface area (Å²) in [6.07, 6.45) is 1.79. The number of rotatable bonds is 4. The SMILES string of the molecule is CC(=O)O[C@H]1C[C@]2(O)[C@@H]3CC[C@@H]4C[C@@H](O[C@H]5O[C@@H](C)[C@H](O)[C@@H](O)[C@H]5O)CC[C@]4(C)[C@H]3CC[C@]2(C)[C@@H]1C1=CC(=O)OC1. The van der Waals surface area contributed by atoms with Crippen molar-refractivity contribution < 1.29 is 49.0 Å². The number of cyclic esters (lactones) is 1. The summed E-state index contributed by atoms with van der Waals surface area (Å²) >= 11 is 0. The molecule has 230 valence electrons. The maximum absolute atomic E-state index is 12.7. The average Bonchev–Trinajstić information content (AvgIpc) is 3.42. The minimum atomic E-state index is -1.32. The standard InChI is InChI=1S/C31H46O10/c1-15-25(34)26(35)27(36)28(39-15)41-19-7-9-29(3)18(12-19)5-6-21-20(29)8-10-30(4)24(17-11-23(33)38-14-17)22(40-16(2)32)13-31(21,30)37/h11,15,18-22,24-28,34-37H,5-10,12-14H2,1-4H3/t15-,18+,19-,20-,21+,22-,24+,25-,26+,27+,28+,29-,30+,31-/m0/s1. The number of carbonyl (C=O) groups excluding carboxylic acids is 2. The van der Waals surface area contributed by atoms with E-state index in [4.69, 9.17) is 18.9 Å². The number of aliphatic hydroxyl groups excluding tert-OH is 3. The first-order valence-electron chi connectivity index (χ1n) is 15.4. The normalized spacial score (nSPS) is 53.0. The van der Waals surface area contributed by atoms with E-state index in [0.29, 0.717) is 18.3 Å². The van der Waals surface area contributed by atoms with Crippen molar-refractivity contribution in [2.75, 3.05) is 6.61 Å². The van der Waals surface area contributed by atoms with Crippen LogP contribution in [0.15, 0.2) is 11.6 Å². The predicted octanol–water partition coefficient (Wildman–Crippen LogP) is 2.00. The predicted molar refractivity (Wildman–Crippen MR) is 144 cm³/mol. The van der Waals surface area contributed by atoms with Gasteiger partial charge in [0.05, 0.1) is 17.8 Å². The summed E-state index contributed by atoms with van der Waals surface area (Å²) in [5.74, 6) is -0.326. The molecule has 0 aromatic rings. The fourth-order valence-corrected chi connectivity index (χ4v) is 10.2. The van der Waals surface area contributed by atoms with E-state index < -0.39 is 47.8 Å². The summed E-state index contributed by atoms with van der Waals surface area (Å²) in [6.45, 7) is 7.70. The van der Waals surface area contributed by atoms with Crippen molar-refractivity contribution in [3.63, 3.8) is 0 Å². The highest BCUT2D eigenvalue weighted by molar-refractivity contribution is 5.85. The molecule has 2 aliphatic heterocycles. The minimum absolute atomic E-state index is 0.00437. The van der Waals surface area contributed by atoms with Gasteiger partial charge in [-0.25, -0.2) is 4.79 Å². The fourth-order valence-electron chi connectivity index (χ4n) is 10.2. The molecule has 0 aromatic carbocycles. The lowest BCUT2D eigenvalue weighted by Gasteiger charge is -2.63. The highest BCUT2D eigenvalue weighted by Gasteiger charge is 2.71. The van der Waals surface area contributed by atoms with Crippen LogP contribution in [0.5, 0.6) is 0 Å². The third-order valence-electron chi connectivity index (χ3n) is 12.3. The molecule has 41 heavy (non-hydrogen) atoms. The number of esters is 2. The molecule has 14 atom stereocenters. The van der Waals surface area contributed by atoms with Crippen LogP contribution in [-0.2, 0) is 28.5 Å². The maximum Gasteiger partial charge on any atom is 0.331 e. The number of ether oxygens (including phenoxy) is 4. The topological polar surface area (TPSA) is 152 Å². The van der Waals surface area contributed by atoms with Crippen molar-refractivity contribution in [3.05, 3.63) is 11.6 Å². The van der Waals surface area contributed by atoms with Crippen LogP contribution in [0.4, 0.5) is 0 Å². The Hall–Kier alpha value is -1.56. The monoisotopic (exact) mass is 578 g/mol. The highest BCUT2D eigenvalue weighted by atomic mass is 16.7. The van der Waals surface area contributed by atoms with Gasteiger partial charge in [-0.1, -0.05) is 13.8 Å². The molecule has 5 fully saturated rings. The molecular formula is C31H46O10. The van der Waals surface area contributed by atoms with Crippen molar-refractivity contribution in [1.29, 1.82) is 0 Å². The molecular weight excluding hydrogens is 532 g/mol. The molecule has 0 aromatic heterocycles. The Morgan fingerprint density at radius 1 is 1.02 bits per heavy atom. The van der Waals surface area contributed by atoms with Crippen LogP contribution in [0.1, 0.15) is 79.1 Å². The molecule has 4 N–H and O–H groups in total. The van der Waals surface area contributed by atoms with E-state index in [2.05, 4.69) is 13.8 Å². The van der Waals surface area contributed by atoms with Gasteiger partial charge in [0.15, 0.2) is 6.29 Å². The molecule has 0 unspecified atom stereocenters. The van der Waals surface area contributed by atoms with Crippen LogP contribution in [0, 0.1) is 34.5 Å². The largest absolute Gasteiger partial charge is 0.462 e. The van der Waals surface area contributed by atoms with Gasteiger partial charge in [0.1, 0.15) is 31.0 Å². The van der Waals surface area contributed by atoms with Gasteiger partial charge in [-0.05, 0) is 80.6 Å². The Morgan fingerprint density at radius 2 is 1.78 bits per heavy atom. The second-order valence-electron chi connectivity index (χ2n) is 14.2. The van der Waals surface area contributed by atoms with Gasteiger partial charge in [0, 0.05) is 30.8 Å². The van der Waals surface area contributed by atoms with Gasteiger partial charge < -0.3 is 39.4 Å². The zero-order chi connectivity index (χ0) is 29.5. The second-order valence-corrected chi connectivity index (χ2v) is 14.2. The number of fused-ring (bicyclic) bond motifs is 5. The molecule has 6 rings (SSSR count). The van der Waals surface area contributed by atoms with E-state index in [-0.39, 0.29) is 41.9 Å². The molecule has 0 spiro atoms. The first-order chi connectivity index (χ1) is 19.3. The Bertz CT molecular complexity index is 1090. The van der Waals surface area contributed by atoms with Gasteiger partial charge in [-0.2, -0.15) is 0 Å². The molecule has 2 heterocycles. The molecule has 6 aliphatic rings. The Kier molecular flexibility index (Phi) is 7.39. The Morgan fingerprint density at radius 3 is 2.46 bits per heavy atom. The van der Waals surface area contributed by atoms with Crippen LogP contribution in [0.3, 0.4) is 0 Å². The third kappa shape index (κ3) is 4.51. The number of carbonyl (C=O) groups is 2. The van der Waals surface area contributed by atoms with E-state index in [9.17, 15) is 30.0 Å². The summed E-state index contributed by atoms with van der Waals surface area (Å²) in [5, 5.41) is 43.4. The summed E-state index contributed by atoms with van der Waals surface area (Å²) in [7, 11) is 0. The molecule has 0 radical (unpaired) electrons. The van der Waals surface area contributed by atoms with Crippen molar-refractivity contribution in [2.24, 2.45) is 34.5 Å². The van der Waals surface area contributed by atoms with Gasteiger partial charge in [0.2, 0.25) is 0 Å². The van der Waals surface area contributed by atoms with Crippen molar-refractivity contribution in [3.8, 4) is 0 Å². The van der Waals surface area contributed by atoms with Gasteiger partial charge in [-0.3, -0.25) is 4.79 Å². The smallest absolute Gasteiger partial charge is 0.331 e. The summed E-state index contributed by atoms with van der Waals surface area (Å²) in [4.78, 5) is 24.1. The summed E-state index contributed by atoms with van der Waals surface area (Å²) in [6, 6.07) is 0. The second kappa shape index (κ2) is 10.3. The average molecular weight is 579 g/mol. The zero-order valence-electron chi connectivity index (χ0n) is 24.5. The molecule has 0 bridgehead atoms. The first kappa shape index (κ1) is 29.5. The lowest BCUT2D eigenvalue weighted by atomic mass is 9.43. The van der Waals surface area contributed by atoms with E-state index in [1.54, 1.807) is 6.92 Å². The van der Waals surface area contributed by atoms with Crippen LogP contribution in [0.2, 0.25) is 0 Å². The lowest BCUT2D eigenvalue weighted by molar-refractivity contribution is -0.310. The van der Waals surface area contributed by atoms with Gasteiger partial charge in [0.25, 0.3) is 0 Å². The molecule has 4 aliphatic carbocycles. The quantitative estimate of drug-likeness (QED) is 0.288. The Balaban J connectivity index is 1.21. The molecule has 4 saturated carbocycles. The van der Waals surface area contributed by atoms with E-state index in [1.165, 1.54) is 13.0 Å².